The number of halogens is 1. The second-order valence-corrected chi connectivity index (χ2v) is 3.86. The third kappa shape index (κ3) is 2.69. The topological polar surface area (TPSA) is 90.9 Å². The molecule has 2 aromatic heterocycles. The predicted molar refractivity (Wildman–Crippen MR) is 63.5 cm³/mol. The average molecular weight is 267 g/mol. The molecule has 0 amide bonds. The summed E-state index contributed by atoms with van der Waals surface area (Å²) in [4.78, 5) is 28.7. The van der Waals surface area contributed by atoms with Gasteiger partial charge in [0.1, 0.15) is 11.3 Å². The van der Waals surface area contributed by atoms with Crippen LogP contribution in [0.15, 0.2) is 35.5 Å². The van der Waals surface area contributed by atoms with Gasteiger partial charge in [-0.05, 0) is 11.6 Å². The lowest BCUT2D eigenvalue weighted by atomic mass is 10.3. The van der Waals surface area contributed by atoms with Gasteiger partial charge in [0.2, 0.25) is 0 Å². The fourth-order valence-corrected chi connectivity index (χ4v) is 1.46. The molecular weight excluding hydrogens is 260 g/mol. The van der Waals surface area contributed by atoms with Crippen LogP contribution in [0.25, 0.3) is 0 Å². The Bertz CT molecular complexity index is 638. The van der Waals surface area contributed by atoms with Crippen molar-refractivity contribution < 1.29 is 4.92 Å². The Balaban J connectivity index is 2.33. The standard InChI is InChI=1S/C10H7ClN4O3/c11-9-2-1-7(3-12-9)5-14-6-8(15(17)18)4-13-10(14)16/h1-4,6H,5H2. The highest BCUT2D eigenvalue weighted by Gasteiger charge is 2.09. The zero-order chi connectivity index (χ0) is 13.1. The SMILES string of the molecule is O=c1ncc([N+](=O)[O-])cn1Cc1ccc(Cl)nc1. The van der Waals surface area contributed by atoms with Crippen LogP contribution in [0.5, 0.6) is 0 Å². The van der Waals surface area contributed by atoms with Gasteiger partial charge in [0.05, 0.1) is 17.7 Å². The smallest absolute Gasteiger partial charge is 0.288 e. The summed E-state index contributed by atoms with van der Waals surface area (Å²) >= 11 is 5.63. The van der Waals surface area contributed by atoms with Crippen molar-refractivity contribution in [3.63, 3.8) is 0 Å². The third-order valence-electron chi connectivity index (χ3n) is 2.19. The van der Waals surface area contributed by atoms with E-state index >= 15 is 0 Å². The maximum Gasteiger partial charge on any atom is 0.348 e. The van der Waals surface area contributed by atoms with E-state index in [-0.39, 0.29) is 12.2 Å². The van der Waals surface area contributed by atoms with Crippen LogP contribution >= 0.6 is 11.6 Å². The molecule has 0 saturated heterocycles. The molecule has 2 heterocycles. The normalized spacial score (nSPS) is 10.3. The van der Waals surface area contributed by atoms with E-state index in [1.165, 1.54) is 6.20 Å². The van der Waals surface area contributed by atoms with Crippen molar-refractivity contribution in [2.45, 2.75) is 6.54 Å². The molecule has 0 aliphatic carbocycles. The number of hydrogen-bond donors (Lipinski definition) is 0. The number of aromatic nitrogens is 3. The van der Waals surface area contributed by atoms with Crippen molar-refractivity contribution in [3.05, 3.63) is 62.0 Å². The summed E-state index contributed by atoms with van der Waals surface area (Å²) in [5.74, 6) is 0. The van der Waals surface area contributed by atoms with Gasteiger partial charge in [-0.3, -0.25) is 14.7 Å². The van der Waals surface area contributed by atoms with E-state index in [9.17, 15) is 14.9 Å². The van der Waals surface area contributed by atoms with E-state index in [1.807, 2.05) is 0 Å². The Labute approximate surface area is 106 Å². The van der Waals surface area contributed by atoms with Crippen molar-refractivity contribution in [2.75, 3.05) is 0 Å². The van der Waals surface area contributed by atoms with Crippen LogP contribution < -0.4 is 5.69 Å². The third-order valence-corrected chi connectivity index (χ3v) is 2.42. The maximum absolute atomic E-state index is 11.4. The minimum Gasteiger partial charge on any atom is -0.288 e. The van der Waals surface area contributed by atoms with E-state index in [0.717, 1.165) is 17.0 Å². The number of nitrogens with zero attached hydrogens (tertiary/aromatic N) is 4. The second-order valence-electron chi connectivity index (χ2n) is 3.47. The number of hydrogen-bond acceptors (Lipinski definition) is 5. The molecule has 0 aliphatic heterocycles. The monoisotopic (exact) mass is 266 g/mol. The molecule has 0 radical (unpaired) electrons. The Kier molecular flexibility index (Phi) is 3.33. The quantitative estimate of drug-likeness (QED) is 0.474. The highest BCUT2D eigenvalue weighted by Crippen LogP contribution is 2.08. The Hall–Kier alpha value is -2.28. The molecule has 18 heavy (non-hydrogen) atoms. The van der Waals surface area contributed by atoms with Crippen LogP contribution in [0, 0.1) is 10.1 Å². The van der Waals surface area contributed by atoms with Gasteiger partial charge in [-0.15, -0.1) is 0 Å². The molecular formula is C10H7ClN4O3. The van der Waals surface area contributed by atoms with Crippen molar-refractivity contribution in [3.8, 4) is 0 Å². The molecule has 0 fully saturated rings. The first-order valence-electron chi connectivity index (χ1n) is 4.87. The van der Waals surface area contributed by atoms with Crippen molar-refractivity contribution in [2.24, 2.45) is 0 Å². The van der Waals surface area contributed by atoms with Crippen LogP contribution in [-0.2, 0) is 6.54 Å². The summed E-state index contributed by atoms with van der Waals surface area (Å²) in [5, 5.41) is 10.9. The number of pyridine rings is 1. The van der Waals surface area contributed by atoms with Crippen LogP contribution in [-0.4, -0.2) is 19.5 Å². The van der Waals surface area contributed by atoms with Gasteiger partial charge in [-0.2, -0.15) is 4.98 Å². The van der Waals surface area contributed by atoms with E-state index in [2.05, 4.69) is 9.97 Å². The van der Waals surface area contributed by atoms with Crippen molar-refractivity contribution in [1.29, 1.82) is 0 Å². The number of rotatable bonds is 3. The molecule has 0 atom stereocenters. The van der Waals surface area contributed by atoms with E-state index in [0.29, 0.717) is 10.7 Å². The molecule has 7 nitrogen and oxygen atoms in total. The zero-order valence-corrected chi connectivity index (χ0v) is 9.74. The Morgan fingerprint density at radius 2 is 2.11 bits per heavy atom. The van der Waals surface area contributed by atoms with Crippen LogP contribution in [0.4, 0.5) is 5.69 Å². The predicted octanol–water partition coefficient (Wildman–Crippen LogP) is 1.25. The van der Waals surface area contributed by atoms with E-state index < -0.39 is 10.6 Å². The minimum absolute atomic E-state index is 0.150. The molecule has 0 aliphatic rings. The fraction of sp³-hybridized carbons (Fsp3) is 0.100. The largest absolute Gasteiger partial charge is 0.348 e. The van der Waals surface area contributed by atoms with Crippen molar-refractivity contribution >= 4 is 17.3 Å². The maximum atomic E-state index is 11.4. The van der Waals surface area contributed by atoms with E-state index in [4.69, 9.17) is 11.6 Å². The highest BCUT2D eigenvalue weighted by molar-refractivity contribution is 6.29. The Morgan fingerprint density at radius 3 is 2.72 bits per heavy atom. The molecule has 92 valence electrons. The first-order valence-corrected chi connectivity index (χ1v) is 5.25. The average Bonchev–Trinajstić information content (AvgIpc) is 2.34. The number of nitro groups is 1. The first kappa shape index (κ1) is 12.2. The lowest BCUT2D eigenvalue weighted by Gasteiger charge is -2.04. The van der Waals surface area contributed by atoms with Crippen LogP contribution in [0.1, 0.15) is 5.56 Å². The fourth-order valence-electron chi connectivity index (χ4n) is 1.35. The molecule has 0 N–H and O–H groups in total. The lowest BCUT2D eigenvalue weighted by Crippen LogP contribution is -2.23. The van der Waals surface area contributed by atoms with Gasteiger partial charge < -0.3 is 0 Å². The lowest BCUT2D eigenvalue weighted by molar-refractivity contribution is -0.385. The molecule has 0 saturated carbocycles. The molecule has 0 unspecified atom stereocenters. The van der Waals surface area contributed by atoms with Gasteiger partial charge in [-0.1, -0.05) is 17.7 Å². The first-order chi connectivity index (χ1) is 8.56. The molecule has 8 heteroatoms. The summed E-state index contributed by atoms with van der Waals surface area (Å²) in [6, 6.07) is 3.26. The Morgan fingerprint density at radius 1 is 1.33 bits per heavy atom. The second kappa shape index (κ2) is 4.92. The molecule has 0 spiro atoms. The van der Waals surface area contributed by atoms with Crippen LogP contribution in [0.2, 0.25) is 5.15 Å². The van der Waals surface area contributed by atoms with Crippen LogP contribution in [0.3, 0.4) is 0 Å². The summed E-state index contributed by atoms with van der Waals surface area (Å²) in [5.41, 5.74) is -0.101. The molecule has 0 aromatic carbocycles. The van der Waals surface area contributed by atoms with E-state index in [1.54, 1.807) is 12.1 Å². The summed E-state index contributed by atoms with van der Waals surface area (Å²) in [7, 11) is 0. The van der Waals surface area contributed by atoms with Crippen molar-refractivity contribution in [1.82, 2.24) is 14.5 Å². The van der Waals surface area contributed by atoms with Gasteiger partial charge >= 0.3 is 11.4 Å². The minimum atomic E-state index is -0.608. The van der Waals surface area contributed by atoms with Gasteiger partial charge in [0, 0.05) is 6.20 Å². The molecule has 2 rings (SSSR count). The summed E-state index contributed by atoms with van der Waals surface area (Å²) in [6.07, 6.45) is 3.57. The van der Waals surface area contributed by atoms with Gasteiger partial charge in [0.25, 0.3) is 0 Å². The molecule has 2 aromatic rings. The summed E-state index contributed by atoms with van der Waals surface area (Å²) in [6.45, 7) is 0.150. The van der Waals surface area contributed by atoms with Gasteiger partial charge in [-0.25, -0.2) is 9.78 Å². The summed E-state index contributed by atoms with van der Waals surface area (Å²) < 4.78 is 1.14. The van der Waals surface area contributed by atoms with Gasteiger partial charge in [0.15, 0.2) is 0 Å². The zero-order valence-electron chi connectivity index (χ0n) is 8.99. The highest BCUT2D eigenvalue weighted by atomic mass is 35.5. The molecule has 0 bridgehead atoms.